The molecule has 5 heteroatoms. The minimum Gasteiger partial charge on any atom is -0.359 e. The van der Waals surface area contributed by atoms with Gasteiger partial charge in [0.25, 0.3) is 0 Å². The van der Waals surface area contributed by atoms with Crippen LogP contribution in [0.1, 0.15) is 38.5 Å². The lowest BCUT2D eigenvalue weighted by atomic mass is 9.83. The van der Waals surface area contributed by atoms with Crippen LogP contribution in [0.4, 0.5) is 0 Å². The second-order valence-electron chi connectivity index (χ2n) is 5.77. The third-order valence-electron chi connectivity index (χ3n) is 4.56. The van der Waals surface area contributed by atoms with Crippen molar-refractivity contribution in [3.05, 3.63) is 0 Å². The van der Waals surface area contributed by atoms with Gasteiger partial charge in [-0.2, -0.15) is 0 Å². The van der Waals surface area contributed by atoms with Crippen LogP contribution < -0.4 is 11.1 Å². The van der Waals surface area contributed by atoms with Crippen molar-refractivity contribution in [3.8, 4) is 0 Å². The van der Waals surface area contributed by atoms with Gasteiger partial charge in [-0.15, -0.1) is 0 Å². The summed E-state index contributed by atoms with van der Waals surface area (Å²) in [5.74, 6) is 0.378. The zero-order valence-electron chi connectivity index (χ0n) is 11.7. The Labute approximate surface area is 114 Å². The predicted octanol–water partition coefficient (Wildman–Crippen LogP) is 0.489. The van der Waals surface area contributed by atoms with Crippen molar-refractivity contribution in [2.24, 2.45) is 17.6 Å². The number of hydrogen-bond donors (Lipinski definition) is 2. The Morgan fingerprint density at radius 1 is 1.11 bits per heavy atom. The normalized spacial score (nSPS) is 29.1. The van der Waals surface area contributed by atoms with Crippen molar-refractivity contribution >= 4 is 11.8 Å². The van der Waals surface area contributed by atoms with Gasteiger partial charge in [0.2, 0.25) is 11.8 Å². The summed E-state index contributed by atoms with van der Waals surface area (Å²) in [6.45, 7) is 1.39. The fourth-order valence-electron chi connectivity index (χ4n) is 3.27. The molecule has 0 bridgehead atoms. The van der Waals surface area contributed by atoms with E-state index < -0.39 is 0 Å². The van der Waals surface area contributed by atoms with Crippen LogP contribution in [0.15, 0.2) is 0 Å². The number of amides is 2. The maximum absolute atomic E-state index is 12.5. The van der Waals surface area contributed by atoms with Crippen LogP contribution in [0, 0.1) is 11.8 Å². The molecule has 2 unspecified atom stereocenters. The largest absolute Gasteiger partial charge is 0.359 e. The molecule has 1 aliphatic heterocycles. The van der Waals surface area contributed by atoms with E-state index in [2.05, 4.69) is 5.32 Å². The van der Waals surface area contributed by atoms with Gasteiger partial charge >= 0.3 is 0 Å². The van der Waals surface area contributed by atoms with Crippen molar-refractivity contribution in [3.63, 3.8) is 0 Å². The van der Waals surface area contributed by atoms with E-state index in [4.69, 9.17) is 5.73 Å². The van der Waals surface area contributed by atoms with Gasteiger partial charge < -0.3 is 16.0 Å². The second-order valence-corrected chi connectivity index (χ2v) is 5.77. The number of carbonyl (C=O) groups excluding carboxylic acids is 2. The summed E-state index contributed by atoms with van der Waals surface area (Å²) in [6, 6.07) is 0.0258. The highest BCUT2D eigenvalue weighted by molar-refractivity contribution is 5.81. The number of nitrogens with two attached hydrogens (primary N) is 1. The number of rotatable bonds is 2. The first-order chi connectivity index (χ1) is 9.13. The van der Waals surface area contributed by atoms with Gasteiger partial charge in [-0.25, -0.2) is 0 Å². The molecule has 1 aliphatic carbocycles. The van der Waals surface area contributed by atoms with Crippen molar-refractivity contribution in [2.75, 3.05) is 20.1 Å². The molecule has 2 rings (SSSR count). The van der Waals surface area contributed by atoms with E-state index in [0.717, 1.165) is 38.5 Å². The molecule has 1 heterocycles. The number of hydrogen-bond acceptors (Lipinski definition) is 3. The van der Waals surface area contributed by atoms with E-state index in [1.165, 1.54) is 0 Å². The Kier molecular flexibility index (Phi) is 4.80. The van der Waals surface area contributed by atoms with Crippen LogP contribution in [0.25, 0.3) is 0 Å². The quantitative estimate of drug-likeness (QED) is 0.764. The summed E-state index contributed by atoms with van der Waals surface area (Å²) in [4.78, 5) is 25.9. The standard InChI is InChI=1S/C14H25N3O2/c1-16-13(18)10-6-8-17(9-7-10)14(19)11-4-2-3-5-12(11)15/h10-12H,2-9,15H2,1H3,(H,16,18). The Hall–Kier alpha value is -1.10. The molecule has 0 aromatic heterocycles. The van der Waals surface area contributed by atoms with Crippen molar-refractivity contribution in [2.45, 2.75) is 44.6 Å². The van der Waals surface area contributed by atoms with Gasteiger partial charge in [0.05, 0.1) is 5.92 Å². The number of nitrogens with zero attached hydrogens (tertiary/aromatic N) is 1. The monoisotopic (exact) mass is 267 g/mol. The van der Waals surface area contributed by atoms with Gasteiger partial charge in [-0.3, -0.25) is 9.59 Å². The Morgan fingerprint density at radius 2 is 1.74 bits per heavy atom. The Balaban J connectivity index is 1.86. The minimum atomic E-state index is 0.00491. The summed E-state index contributed by atoms with van der Waals surface area (Å²) in [5.41, 5.74) is 6.07. The highest BCUT2D eigenvalue weighted by Crippen LogP contribution is 2.27. The van der Waals surface area contributed by atoms with E-state index in [0.29, 0.717) is 13.1 Å². The van der Waals surface area contributed by atoms with Gasteiger partial charge in [0.15, 0.2) is 0 Å². The second kappa shape index (κ2) is 6.37. The van der Waals surface area contributed by atoms with Crippen LogP contribution in [-0.4, -0.2) is 42.9 Å². The number of carbonyl (C=O) groups is 2. The number of likely N-dealkylation sites (tertiary alicyclic amines) is 1. The van der Waals surface area contributed by atoms with Crippen LogP contribution in [-0.2, 0) is 9.59 Å². The first-order valence-electron chi connectivity index (χ1n) is 7.39. The SMILES string of the molecule is CNC(=O)C1CCN(C(=O)C2CCCCC2N)CC1. The summed E-state index contributed by atoms with van der Waals surface area (Å²) in [5, 5.41) is 2.69. The molecule has 0 aromatic rings. The molecule has 2 aliphatic rings. The molecule has 2 fully saturated rings. The van der Waals surface area contributed by atoms with Crippen molar-refractivity contribution in [1.82, 2.24) is 10.2 Å². The molecule has 5 nitrogen and oxygen atoms in total. The van der Waals surface area contributed by atoms with E-state index in [-0.39, 0.29) is 29.7 Å². The fourth-order valence-corrected chi connectivity index (χ4v) is 3.27. The van der Waals surface area contributed by atoms with Crippen LogP contribution in [0.2, 0.25) is 0 Å². The van der Waals surface area contributed by atoms with E-state index in [1.807, 2.05) is 4.90 Å². The fraction of sp³-hybridized carbons (Fsp3) is 0.857. The molecule has 19 heavy (non-hydrogen) atoms. The lowest BCUT2D eigenvalue weighted by Gasteiger charge is -2.36. The van der Waals surface area contributed by atoms with Crippen LogP contribution in [0.3, 0.4) is 0 Å². The zero-order valence-corrected chi connectivity index (χ0v) is 11.7. The molecule has 0 aromatic carbocycles. The lowest BCUT2D eigenvalue weighted by Crippen LogP contribution is -2.49. The van der Waals surface area contributed by atoms with E-state index in [1.54, 1.807) is 7.05 Å². The third kappa shape index (κ3) is 3.26. The average molecular weight is 267 g/mol. The smallest absolute Gasteiger partial charge is 0.227 e. The van der Waals surface area contributed by atoms with E-state index >= 15 is 0 Å². The van der Waals surface area contributed by atoms with Crippen LogP contribution in [0.5, 0.6) is 0 Å². The number of piperidine rings is 1. The summed E-state index contributed by atoms with van der Waals surface area (Å²) in [6.07, 6.45) is 5.68. The topological polar surface area (TPSA) is 75.4 Å². The molecule has 108 valence electrons. The molecule has 2 amide bonds. The molecule has 2 atom stereocenters. The minimum absolute atomic E-state index is 0.00491. The number of nitrogens with one attached hydrogen (secondary N) is 1. The predicted molar refractivity (Wildman–Crippen MR) is 73.3 cm³/mol. The van der Waals surface area contributed by atoms with Crippen molar-refractivity contribution in [1.29, 1.82) is 0 Å². The van der Waals surface area contributed by atoms with Gasteiger partial charge in [0, 0.05) is 32.1 Å². The first-order valence-corrected chi connectivity index (χ1v) is 7.39. The maximum atomic E-state index is 12.5. The highest BCUT2D eigenvalue weighted by Gasteiger charge is 2.34. The first kappa shape index (κ1) is 14.3. The molecule has 0 spiro atoms. The van der Waals surface area contributed by atoms with E-state index in [9.17, 15) is 9.59 Å². The molecule has 1 saturated carbocycles. The van der Waals surface area contributed by atoms with Gasteiger partial charge in [-0.05, 0) is 25.7 Å². The summed E-state index contributed by atoms with van der Waals surface area (Å²) in [7, 11) is 1.67. The third-order valence-corrected chi connectivity index (χ3v) is 4.56. The van der Waals surface area contributed by atoms with Gasteiger partial charge in [0.1, 0.15) is 0 Å². The molecular formula is C14H25N3O2. The summed E-state index contributed by atoms with van der Waals surface area (Å²) < 4.78 is 0. The molecule has 3 N–H and O–H groups in total. The Morgan fingerprint density at radius 3 is 2.32 bits per heavy atom. The zero-order chi connectivity index (χ0) is 13.8. The summed E-state index contributed by atoms with van der Waals surface area (Å²) >= 11 is 0. The molecular weight excluding hydrogens is 242 g/mol. The van der Waals surface area contributed by atoms with Crippen molar-refractivity contribution < 1.29 is 9.59 Å². The maximum Gasteiger partial charge on any atom is 0.227 e. The molecule has 1 saturated heterocycles. The lowest BCUT2D eigenvalue weighted by molar-refractivity contribution is -0.140. The Bertz CT molecular complexity index is 338. The average Bonchev–Trinajstić information content (AvgIpc) is 2.46. The highest BCUT2D eigenvalue weighted by atomic mass is 16.2. The van der Waals surface area contributed by atoms with Gasteiger partial charge in [-0.1, -0.05) is 12.8 Å². The van der Waals surface area contributed by atoms with Crippen LogP contribution >= 0.6 is 0 Å². The molecule has 0 radical (unpaired) electrons.